The Kier molecular flexibility index (Phi) is 3.66. The first kappa shape index (κ1) is 12.9. The van der Waals surface area contributed by atoms with Gasteiger partial charge in [-0.2, -0.15) is 9.65 Å². The number of pyridine rings is 1. The van der Waals surface area contributed by atoms with Crippen molar-refractivity contribution in [1.29, 1.82) is 5.26 Å². The van der Waals surface area contributed by atoms with Gasteiger partial charge in [-0.25, -0.2) is 13.8 Å². The number of hydrogen-bond donors (Lipinski definition) is 1. The fraction of sp³-hybridized carbons (Fsp3) is 0.0769. The van der Waals surface area contributed by atoms with Crippen LogP contribution in [0.3, 0.4) is 0 Å². The van der Waals surface area contributed by atoms with E-state index in [-0.39, 0.29) is 17.7 Å². The summed E-state index contributed by atoms with van der Waals surface area (Å²) in [5.41, 5.74) is 0.162. The van der Waals surface area contributed by atoms with Crippen molar-refractivity contribution in [2.24, 2.45) is 0 Å². The maximum atomic E-state index is 13.6. The summed E-state index contributed by atoms with van der Waals surface area (Å²) in [6, 6.07) is 6.12. The smallest absolute Gasteiger partial charge is 0.212 e. The van der Waals surface area contributed by atoms with Crippen LogP contribution < -0.4 is 5.32 Å². The summed E-state index contributed by atoms with van der Waals surface area (Å²) < 4.78 is 39.7. The molecule has 1 N–H and O–H groups in total. The molecular weight excluding hydrogens is 255 g/mol. The standard InChI is InChI=1S/C13H8F3N3/c14-11-3-8(5-17)4-12(15)10(11)7-18-9-1-2-13(16)19-6-9/h1-4,6,18H,7H2. The molecule has 1 aromatic heterocycles. The first-order chi connectivity index (χ1) is 9.10. The first-order valence-electron chi connectivity index (χ1n) is 5.33. The molecule has 0 fully saturated rings. The van der Waals surface area contributed by atoms with Crippen LogP contribution in [0.1, 0.15) is 11.1 Å². The van der Waals surface area contributed by atoms with E-state index in [1.54, 1.807) is 6.07 Å². The summed E-state index contributed by atoms with van der Waals surface area (Å²) >= 11 is 0. The van der Waals surface area contributed by atoms with Gasteiger partial charge in [0.1, 0.15) is 11.6 Å². The summed E-state index contributed by atoms with van der Waals surface area (Å²) in [6.45, 7) is -0.128. The van der Waals surface area contributed by atoms with Crippen LogP contribution in [0.2, 0.25) is 0 Å². The second kappa shape index (κ2) is 5.40. The molecule has 1 aromatic carbocycles. The van der Waals surface area contributed by atoms with Gasteiger partial charge in [0, 0.05) is 12.1 Å². The number of anilines is 1. The van der Waals surface area contributed by atoms with Crippen molar-refractivity contribution in [3.05, 3.63) is 59.2 Å². The monoisotopic (exact) mass is 263 g/mol. The molecule has 19 heavy (non-hydrogen) atoms. The molecule has 0 aliphatic carbocycles. The van der Waals surface area contributed by atoms with E-state index in [4.69, 9.17) is 5.26 Å². The van der Waals surface area contributed by atoms with Crippen LogP contribution in [-0.2, 0) is 6.54 Å². The lowest BCUT2D eigenvalue weighted by Gasteiger charge is -2.08. The maximum absolute atomic E-state index is 13.6. The van der Waals surface area contributed by atoms with Crippen molar-refractivity contribution in [2.75, 3.05) is 5.32 Å². The summed E-state index contributed by atoms with van der Waals surface area (Å²) in [6.07, 6.45) is 1.22. The molecule has 2 rings (SSSR count). The van der Waals surface area contributed by atoms with Gasteiger partial charge >= 0.3 is 0 Å². The minimum atomic E-state index is -0.806. The topological polar surface area (TPSA) is 48.7 Å². The second-order valence-corrected chi connectivity index (χ2v) is 3.75. The molecule has 0 radical (unpaired) electrons. The fourth-order valence-corrected chi connectivity index (χ4v) is 1.51. The quantitative estimate of drug-likeness (QED) is 0.866. The summed E-state index contributed by atoms with van der Waals surface area (Å²) in [5, 5.41) is 11.3. The van der Waals surface area contributed by atoms with Crippen LogP contribution in [0.5, 0.6) is 0 Å². The SMILES string of the molecule is N#Cc1cc(F)c(CNc2ccc(F)nc2)c(F)c1. The predicted octanol–water partition coefficient (Wildman–Crippen LogP) is 2.98. The average Bonchev–Trinajstić information content (AvgIpc) is 2.39. The van der Waals surface area contributed by atoms with Crippen molar-refractivity contribution in [3.63, 3.8) is 0 Å². The number of rotatable bonds is 3. The lowest BCUT2D eigenvalue weighted by Crippen LogP contribution is -2.05. The molecule has 0 saturated heterocycles. The summed E-state index contributed by atoms with van der Waals surface area (Å²) in [7, 11) is 0. The molecule has 0 spiro atoms. The number of halogens is 3. The zero-order chi connectivity index (χ0) is 13.8. The molecule has 0 aliphatic heterocycles. The lowest BCUT2D eigenvalue weighted by molar-refractivity contribution is 0.559. The van der Waals surface area contributed by atoms with Gasteiger partial charge in [-0.3, -0.25) is 0 Å². The van der Waals surface area contributed by atoms with Gasteiger partial charge in [-0.05, 0) is 24.3 Å². The van der Waals surface area contributed by atoms with Crippen molar-refractivity contribution in [2.45, 2.75) is 6.54 Å². The van der Waals surface area contributed by atoms with Crippen LogP contribution in [-0.4, -0.2) is 4.98 Å². The van der Waals surface area contributed by atoms with E-state index >= 15 is 0 Å². The second-order valence-electron chi connectivity index (χ2n) is 3.75. The van der Waals surface area contributed by atoms with Gasteiger partial charge in [-0.1, -0.05) is 0 Å². The molecule has 3 nitrogen and oxygen atoms in total. The van der Waals surface area contributed by atoms with E-state index in [1.165, 1.54) is 12.3 Å². The van der Waals surface area contributed by atoms with Crippen LogP contribution in [0.25, 0.3) is 0 Å². The largest absolute Gasteiger partial charge is 0.379 e. The van der Waals surface area contributed by atoms with Gasteiger partial charge in [0.05, 0.1) is 23.5 Å². The molecule has 0 bridgehead atoms. The molecule has 0 saturated carbocycles. The third kappa shape index (κ3) is 3.01. The lowest BCUT2D eigenvalue weighted by atomic mass is 10.1. The van der Waals surface area contributed by atoms with E-state index in [2.05, 4.69) is 10.3 Å². The molecular formula is C13H8F3N3. The molecule has 0 atom stereocenters. The number of hydrogen-bond acceptors (Lipinski definition) is 3. The molecule has 96 valence electrons. The Morgan fingerprint density at radius 2 is 1.84 bits per heavy atom. The molecule has 0 amide bonds. The molecule has 2 aromatic rings. The Morgan fingerprint density at radius 3 is 2.37 bits per heavy atom. The number of nitrogens with one attached hydrogen (secondary N) is 1. The normalized spacial score (nSPS) is 10.0. The predicted molar refractivity (Wildman–Crippen MR) is 62.6 cm³/mol. The Hall–Kier alpha value is -2.55. The highest BCUT2D eigenvalue weighted by molar-refractivity contribution is 5.42. The van der Waals surface area contributed by atoms with Crippen molar-refractivity contribution < 1.29 is 13.2 Å². The highest BCUT2D eigenvalue weighted by Gasteiger charge is 2.11. The Labute approximate surface area is 107 Å². The minimum absolute atomic E-state index is 0.0813. The molecule has 0 unspecified atom stereocenters. The van der Waals surface area contributed by atoms with E-state index in [0.717, 1.165) is 18.2 Å². The minimum Gasteiger partial charge on any atom is -0.379 e. The van der Waals surface area contributed by atoms with Gasteiger partial charge in [0.25, 0.3) is 0 Å². The van der Waals surface area contributed by atoms with Crippen LogP contribution in [0.4, 0.5) is 18.9 Å². The van der Waals surface area contributed by atoms with Crippen LogP contribution in [0.15, 0.2) is 30.5 Å². The van der Waals surface area contributed by atoms with E-state index < -0.39 is 17.6 Å². The number of nitrogens with zero attached hydrogens (tertiary/aromatic N) is 2. The Bertz CT molecular complexity index is 610. The first-order valence-corrected chi connectivity index (χ1v) is 5.33. The third-order valence-electron chi connectivity index (χ3n) is 2.47. The molecule has 6 heteroatoms. The van der Waals surface area contributed by atoms with Gasteiger partial charge < -0.3 is 5.32 Å². The van der Waals surface area contributed by atoms with Gasteiger partial charge in [0.2, 0.25) is 5.95 Å². The molecule has 0 aliphatic rings. The van der Waals surface area contributed by atoms with E-state index in [1.807, 2.05) is 0 Å². The van der Waals surface area contributed by atoms with E-state index in [9.17, 15) is 13.2 Å². The number of benzene rings is 1. The number of aromatic nitrogens is 1. The fourth-order valence-electron chi connectivity index (χ4n) is 1.51. The van der Waals surface area contributed by atoms with Crippen molar-refractivity contribution in [1.82, 2.24) is 4.98 Å². The van der Waals surface area contributed by atoms with Gasteiger partial charge in [0.15, 0.2) is 0 Å². The maximum Gasteiger partial charge on any atom is 0.212 e. The van der Waals surface area contributed by atoms with E-state index in [0.29, 0.717) is 5.69 Å². The summed E-state index contributed by atoms with van der Waals surface area (Å²) in [5.74, 6) is -2.25. The Morgan fingerprint density at radius 1 is 1.16 bits per heavy atom. The number of nitriles is 1. The zero-order valence-electron chi connectivity index (χ0n) is 9.62. The van der Waals surface area contributed by atoms with Crippen molar-refractivity contribution in [3.8, 4) is 6.07 Å². The average molecular weight is 263 g/mol. The van der Waals surface area contributed by atoms with Crippen LogP contribution >= 0.6 is 0 Å². The highest BCUT2D eigenvalue weighted by atomic mass is 19.1. The van der Waals surface area contributed by atoms with Gasteiger partial charge in [-0.15, -0.1) is 0 Å². The van der Waals surface area contributed by atoms with Crippen molar-refractivity contribution >= 4 is 5.69 Å². The zero-order valence-corrected chi connectivity index (χ0v) is 9.62. The van der Waals surface area contributed by atoms with Crippen LogP contribution in [0, 0.1) is 28.9 Å². The Balaban J connectivity index is 2.16. The highest BCUT2D eigenvalue weighted by Crippen LogP contribution is 2.17. The molecule has 1 heterocycles. The summed E-state index contributed by atoms with van der Waals surface area (Å²) in [4.78, 5) is 3.40. The third-order valence-corrected chi connectivity index (χ3v) is 2.47.